The number of benzene rings is 1. The summed E-state index contributed by atoms with van der Waals surface area (Å²) in [6, 6.07) is 6.65. The number of aryl methyl sites for hydroxylation is 3. The van der Waals surface area contributed by atoms with Crippen LogP contribution in [0.5, 0.6) is 0 Å². The summed E-state index contributed by atoms with van der Waals surface area (Å²) in [7, 11) is 0. The monoisotopic (exact) mass is 199 g/mol. The molecule has 1 aromatic heterocycles. The topological polar surface area (TPSA) is 15.8 Å². The Balaban J connectivity index is 2.33. The number of aromatic nitrogens is 1. The molecule has 2 aromatic rings. The summed E-state index contributed by atoms with van der Waals surface area (Å²) < 4.78 is 0. The van der Waals surface area contributed by atoms with Gasteiger partial charge in [-0.2, -0.15) is 0 Å². The Hall–Kier alpha value is -1.24. The minimum Gasteiger partial charge on any atom is -0.358 e. The first kappa shape index (κ1) is 9.02. The lowest BCUT2D eigenvalue weighted by Crippen LogP contribution is -2.00. The molecular weight excluding hydrogens is 182 g/mol. The van der Waals surface area contributed by atoms with Crippen molar-refractivity contribution in [1.29, 1.82) is 0 Å². The van der Waals surface area contributed by atoms with Crippen LogP contribution in [0.3, 0.4) is 0 Å². The fourth-order valence-corrected chi connectivity index (χ4v) is 2.84. The van der Waals surface area contributed by atoms with Crippen molar-refractivity contribution in [3.8, 4) is 0 Å². The molecule has 1 N–H and O–H groups in total. The third-order valence-electron chi connectivity index (χ3n) is 3.59. The molecule has 1 aromatic carbocycles. The van der Waals surface area contributed by atoms with Crippen molar-refractivity contribution < 1.29 is 0 Å². The Morgan fingerprint density at radius 2 is 2.07 bits per heavy atom. The van der Waals surface area contributed by atoms with Crippen molar-refractivity contribution in [3.05, 3.63) is 35.0 Å². The maximum Gasteiger partial charge on any atom is 0.0461 e. The fraction of sp³-hybridized carbons (Fsp3) is 0.429. The molecule has 1 aliphatic rings. The summed E-state index contributed by atoms with van der Waals surface area (Å²) in [4.78, 5) is 3.59. The van der Waals surface area contributed by atoms with E-state index in [2.05, 4.69) is 30.1 Å². The van der Waals surface area contributed by atoms with E-state index in [0.717, 1.165) is 6.42 Å². The van der Waals surface area contributed by atoms with Gasteiger partial charge in [-0.3, -0.25) is 0 Å². The number of H-pyrrole nitrogens is 1. The SMILES string of the molecule is CCc1cccc2[nH]c3c(c12)CCCC3. The third-order valence-corrected chi connectivity index (χ3v) is 3.59. The molecular formula is C14H17N. The maximum absolute atomic E-state index is 3.59. The molecule has 0 atom stereocenters. The van der Waals surface area contributed by atoms with E-state index in [1.165, 1.54) is 47.8 Å². The maximum atomic E-state index is 3.59. The zero-order valence-electron chi connectivity index (χ0n) is 9.27. The van der Waals surface area contributed by atoms with Crippen LogP contribution in [-0.4, -0.2) is 4.98 Å². The van der Waals surface area contributed by atoms with Crippen LogP contribution in [0.25, 0.3) is 10.9 Å². The highest BCUT2D eigenvalue weighted by atomic mass is 14.7. The van der Waals surface area contributed by atoms with Crippen molar-refractivity contribution in [1.82, 2.24) is 4.98 Å². The molecule has 0 spiro atoms. The van der Waals surface area contributed by atoms with E-state index in [9.17, 15) is 0 Å². The van der Waals surface area contributed by atoms with E-state index < -0.39 is 0 Å². The molecule has 0 amide bonds. The average Bonchev–Trinajstić information content (AvgIpc) is 2.67. The lowest BCUT2D eigenvalue weighted by atomic mass is 9.93. The quantitative estimate of drug-likeness (QED) is 0.722. The molecule has 1 heterocycles. The van der Waals surface area contributed by atoms with Crippen LogP contribution in [0.1, 0.15) is 36.6 Å². The van der Waals surface area contributed by atoms with E-state index in [0.29, 0.717) is 0 Å². The predicted molar refractivity (Wildman–Crippen MR) is 64.3 cm³/mol. The van der Waals surface area contributed by atoms with Crippen molar-refractivity contribution in [3.63, 3.8) is 0 Å². The molecule has 1 aliphatic carbocycles. The lowest BCUT2D eigenvalue weighted by molar-refractivity contribution is 0.679. The zero-order valence-corrected chi connectivity index (χ0v) is 9.27. The van der Waals surface area contributed by atoms with Crippen LogP contribution in [0.4, 0.5) is 0 Å². The standard InChI is InChI=1S/C14H17N/c1-2-10-6-5-9-13-14(10)11-7-3-4-8-12(11)15-13/h5-6,9,15H,2-4,7-8H2,1H3. The molecule has 0 bridgehead atoms. The van der Waals surface area contributed by atoms with Gasteiger partial charge in [0.25, 0.3) is 0 Å². The Labute approximate surface area is 90.5 Å². The highest BCUT2D eigenvalue weighted by Gasteiger charge is 2.16. The number of nitrogens with one attached hydrogen (secondary N) is 1. The molecule has 3 rings (SSSR count). The van der Waals surface area contributed by atoms with Gasteiger partial charge in [-0.25, -0.2) is 0 Å². The zero-order chi connectivity index (χ0) is 10.3. The van der Waals surface area contributed by atoms with Gasteiger partial charge in [0.2, 0.25) is 0 Å². The number of fused-ring (bicyclic) bond motifs is 3. The summed E-state index contributed by atoms with van der Waals surface area (Å²) in [5, 5.41) is 1.52. The highest BCUT2D eigenvalue weighted by Crippen LogP contribution is 2.31. The van der Waals surface area contributed by atoms with Gasteiger partial charge in [0.05, 0.1) is 0 Å². The summed E-state index contributed by atoms with van der Waals surface area (Å²) in [5.41, 5.74) is 5.96. The van der Waals surface area contributed by atoms with Gasteiger partial charge in [-0.15, -0.1) is 0 Å². The molecule has 15 heavy (non-hydrogen) atoms. The Kier molecular flexibility index (Phi) is 2.05. The first-order valence-corrected chi connectivity index (χ1v) is 6.01. The molecule has 0 saturated carbocycles. The first-order chi connectivity index (χ1) is 7.40. The second-order valence-corrected chi connectivity index (χ2v) is 4.48. The van der Waals surface area contributed by atoms with E-state index in [1.807, 2.05) is 0 Å². The van der Waals surface area contributed by atoms with Crippen LogP contribution >= 0.6 is 0 Å². The van der Waals surface area contributed by atoms with Gasteiger partial charge in [-0.1, -0.05) is 19.1 Å². The van der Waals surface area contributed by atoms with Gasteiger partial charge in [0.15, 0.2) is 0 Å². The molecule has 78 valence electrons. The molecule has 0 aliphatic heterocycles. The number of aromatic amines is 1. The van der Waals surface area contributed by atoms with Crippen LogP contribution < -0.4 is 0 Å². The number of rotatable bonds is 1. The molecule has 0 unspecified atom stereocenters. The normalized spacial score (nSPS) is 15.5. The first-order valence-electron chi connectivity index (χ1n) is 6.01. The van der Waals surface area contributed by atoms with E-state index in [1.54, 1.807) is 5.56 Å². The van der Waals surface area contributed by atoms with Crippen LogP contribution in [0, 0.1) is 0 Å². The Bertz CT molecular complexity index is 493. The molecule has 1 nitrogen and oxygen atoms in total. The molecule has 1 heteroatoms. The number of hydrogen-bond donors (Lipinski definition) is 1. The van der Waals surface area contributed by atoms with E-state index >= 15 is 0 Å². The smallest absolute Gasteiger partial charge is 0.0461 e. The summed E-state index contributed by atoms with van der Waals surface area (Å²) in [6.07, 6.45) is 6.36. The summed E-state index contributed by atoms with van der Waals surface area (Å²) in [5.74, 6) is 0. The highest BCUT2D eigenvalue weighted by molar-refractivity contribution is 5.88. The molecule has 0 fully saturated rings. The third kappa shape index (κ3) is 1.30. The summed E-state index contributed by atoms with van der Waals surface area (Å²) >= 11 is 0. The Morgan fingerprint density at radius 1 is 1.20 bits per heavy atom. The number of hydrogen-bond acceptors (Lipinski definition) is 0. The van der Waals surface area contributed by atoms with Gasteiger partial charge in [0.1, 0.15) is 0 Å². The lowest BCUT2D eigenvalue weighted by Gasteiger charge is -2.11. The van der Waals surface area contributed by atoms with Crippen molar-refractivity contribution in [2.24, 2.45) is 0 Å². The van der Waals surface area contributed by atoms with Gasteiger partial charge in [-0.05, 0) is 49.3 Å². The largest absolute Gasteiger partial charge is 0.358 e. The van der Waals surface area contributed by atoms with E-state index in [4.69, 9.17) is 0 Å². The second kappa shape index (κ2) is 3.41. The van der Waals surface area contributed by atoms with Crippen molar-refractivity contribution >= 4 is 10.9 Å². The van der Waals surface area contributed by atoms with E-state index in [-0.39, 0.29) is 0 Å². The molecule has 0 saturated heterocycles. The molecule has 0 radical (unpaired) electrons. The Morgan fingerprint density at radius 3 is 2.93 bits per heavy atom. The van der Waals surface area contributed by atoms with Crippen molar-refractivity contribution in [2.75, 3.05) is 0 Å². The van der Waals surface area contributed by atoms with Crippen molar-refractivity contribution in [2.45, 2.75) is 39.0 Å². The van der Waals surface area contributed by atoms with Gasteiger partial charge >= 0.3 is 0 Å². The average molecular weight is 199 g/mol. The summed E-state index contributed by atoms with van der Waals surface area (Å²) in [6.45, 7) is 2.25. The van der Waals surface area contributed by atoms with Gasteiger partial charge < -0.3 is 4.98 Å². The van der Waals surface area contributed by atoms with Crippen LogP contribution in [0.2, 0.25) is 0 Å². The van der Waals surface area contributed by atoms with Crippen LogP contribution in [-0.2, 0) is 19.3 Å². The van der Waals surface area contributed by atoms with Gasteiger partial charge in [0, 0.05) is 16.6 Å². The predicted octanol–water partition coefficient (Wildman–Crippen LogP) is 3.61. The minimum absolute atomic E-state index is 1.14. The van der Waals surface area contributed by atoms with Crippen LogP contribution in [0.15, 0.2) is 18.2 Å². The second-order valence-electron chi connectivity index (χ2n) is 4.48. The fourth-order valence-electron chi connectivity index (χ4n) is 2.84. The minimum atomic E-state index is 1.14.